The minimum absolute atomic E-state index is 0.265. The van der Waals surface area contributed by atoms with Crippen molar-refractivity contribution in [2.75, 3.05) is 0 Å². The molecule has 0 bridgehead atoms. The van der Waals surface area contributed by atoms with E-state index in [0.29, 0.717) is 5.56 Å². The zero-order chi connectivity index (χ0) is 9.42. The van der Waals surface area contributed by atoms with Gasteiger partial charge in [-0.15, -0.1) is 11.3 Å². The van der Waals surface area contributed by atoms with Crippen LogP contribution in [-0.4, -0.2) is 5.11 Å². The van der Waals surface area contributed by atoms with E-state index in [-0.39, 0.29) is 5.75 Å². The van der Waals surface area contributed by atoms with Crippen LogP contribution in [-0.2, 0) is 0 Å². The quantitative estimate of drug-likeness (QED) is 0.692. The van der Waals surface area contributed by atoms with E-state index in [1.807, 2.05) is 13.0 Å². The smallest absolute Gasteiger partial charge is 0.133 e. The summed E-state index contributed by atoms with van der Waals surface area (Å²) in [5, 5.41) is 21.0. The average Bonchev–Trinajstić information content (AvgIpc) is 2.47. The summed E-state index contributed by atoms with van der Waals surface area (Å²) < 4.78 is 0.794. The maximum atomic E-state index is 9.56. The maximum absolute atomic E-state index is 9.56. The second kappa shape index (κ2) is 2.75. The lowest BCUT2D eigenvalue weighted by atomic mass is 10.1. The average molecular weight is 189 g/mol. The Morgan fingerprint density at radius 1 is 1.46 bits per heavy atom. The molecule has 0 unspecified atom stereocenters. The van der Waals surface area contributed by atoms with Crippen molar-refractivity contribution in [2.45, 2.75) is 6.92 Å². The number of benzene rings is 1. The molecule has 1 aromatic carbocycles. The number of fused-ring (bicyclic) bond motifs is 1. The summed E-state index contributed by atoms with van der Waals surface area (Å²) in [4.78, 5) is 0. The van der Waals surface area contributed by atoms with E-state index in [1.54, 1.807) is 11.4 Å². The molecule has 0 radical (unpaired) electrons. The van der Waals surface area contributed by atoms with Crippen LogP contribution in [0, 0.1) is 18.3 Å². The summed E-state index contributed by atoms with van der Waals surface area (Å²) in [5.41, 5.74) is 1.61. The predicted molar refractivity (Wildman–Crippen MR) is 52.9 cm³/mol. The highest BCUT2D eigenvalue weighted by molar-refractivity contribution is 7.17. The van der Waals surface area contributed by atoms with Gasteiger partial charge >= 0.3 is 0 Å². The third-order valence-corrected chi connectivity index (χ3v) is 2.94. The van der Waals surface area contributed by atoms with Crippen molar-refractivity contribution in [1.29, 1.82) is 5.26 Å². The van der Waals surface area contributed by atoms with Crippen molar-refractivity contribution < 1.29 is 5.11 Å². The molecule has 0 aliphatic heterocycles. The van der Waals surface area contributed by atoms with Gasteiger partial charge in [0.25, 0.3) is 0 Å². The van der Waals surface area contributed by atoms with Crippen molar-refractivity contribution in [2.24, 2.45) is 0 Å². The van der Waals surface area contributed by atoms with Crippen LogP contribution in [0.3, 0.4) is 0 Å². The lowest BCUT2D eigenvalue weighted by Crippen LogP contribution is -1.74. The van der Waals surface area contributed by atoms with Crippen molar-refractivity contribution in [3.8, 4) is 11.8 Å². The predicted octanol–water partition coefficient (Wildman–Crippen LogP) is 2.79. The Morgan fingerprint density at radius 2 is 2.23 bits per heavy atom. The lowest BCUT2D eigenvalue weighted by Gasteiger charge is -1.97. The van der Waals surface area contributed by atoms with Crippen molar-refractivity contribution in [3.05, 3.63) is 28.6 Å². The fraction of sp³-hybridized carbons (Fsp3) is 0.100. The summed E-state index contributed by atoms with van der Waals surface area (Å²) >= 11 is 1.40. The van der Waals surface area contributed by atoms with Crippen LogP contribution in [0.1, 0.15) is 11.1 Å². The first-order valence-corrected chi connectivity index (χ1v) is 4.71. The van der Waals surface area contributed by atoms with Gasteiger partial charge in [0.1, 0.15) is 11.8 Å². The third-order valence-electron chi connectivity index (χ3n) is 1.92. The van der Waals surface area contributed by atoms with Crippen LogP contribution in [0.25, 0.3) is 10.1 Å². The third kappa shape index (κ3) is 1.16. The number of phenolic OH excluding ortho intramolecular Hbond substituents is 1. The SMILES string of the molecule is Cc1cc(O)c2scc(C#N)c2c1. The number of hydrogen-bond acceptors (Lipinski definition) is 3. The highest BCUT2D eigenvalue weighted by Gasteiger charge is 2.07. The van der Waals surface area contributed by atoms with Crippen molar-refractivity contribution in [3.63, 3.8) is 0 Å². The number of nitrogens with zero attached hydrogens (tertiary/aromatic N) is 1. The Hall–Kier alpha value is -1.53. The Kier molecular flexibility index (Phi) is 1.71. The number of thiophene rings is 1. The molecule has 2 nitrogen and oxygen atoms in total. The largest absolute Gasteiger partial charge is 0.506 e. The Bertz CT molecular complexity index is 507. The lowest BCUT2D eigenvalue weighted by molar-refractivity contribution is 0.482. The second-order valence-electron chi connectivity index (χ2n) is 2.92. The zero-order valence-electron chi connectivity index (χ0n) is 7.03. The van der Waals surface area contributed by atoms with Gasteiger partial charge in [0.15, 0.2) is 0 Å². The summed E-state index contributed by atoms with van der Waals surface area (Å²) in [6, 6.07) is 5.73. The van der Waals surface area contributed by atoms with Crippen LogP contribution >= 0.6 is 11.3 Å². The van der Waals surface area contributed by atoms with Crippen LogP contribution in [0.5, 0.6) is 5.75 Å². The van der Waals surface area contributed by atoms with Gasteiger partial charge in [-0.1, -0.05) is 0 Å². The molecule has 1 aromatic heterocycles. The van der Waals surface area contributed by atoms with Gasteiger partial charge in [-0.05, 0) is 24.6 Å². The van der Waals surface area contributed by atoms with E-state index in [0.717, 1.165) is 15.6 Å². The molecule has 0 saturated heterocycles. The molecule has 1 N–H and O–H groups in total. The number of hydrogen-bond donors (Lipinski definition) is 1. The van der Waals surface area contributed by atoms with Gasteiger partial charge < -0.3 is 5.11 Å². The molecule has 64 valence electrons. The molecule has 3 heteroatoms. The molecule has 13 heavy (non-hydrogen) atoms. The summed E-state index contributed by atoms with van der Waals surface area (Å²) in [5.74, 6) is 0.265. The number of nitriles is 1. The van der Waals surface area contributed by atoms with Crippen LogP contribution in [0.2, 0.25) is 0 Å². The van der Waals surface area contributed by atoms with Crippen LogP contribution in [0.15, 0.2) is 17.5 Å². The highest BCUT2D eigenvalue weighted by Crippen LogP contribution is 2.33. The summed E-state index contributed by atoms with van der Waals surface area (Å²) in [6.07, 6.45) is 0. The van der Waals surface area contributed by atoms with Crippen molar-refractivity contribution >= 4 is 21.4 Å². The molecule has 0 aliphatic rings. The number of phenols is 1. The van der Waals surface area contributed by atoms with Crippen LogP contribution in [0.4, 0.5) is 0 Å². The van der Waals surface area contributed by atoms with Gasteiger partial charge in [0.2, 0.25) is 0 Å². The van der Waals surface area contributed by atoms with Gasteiger partial charge in [-0.2, -0.15) is 5.26 Å². The molecule has 0 atom stereocenters. The van der Waals surface area contributed by atoms with Gasteiger partial charge in [0, 0.05) is 10.8 Å². The van der Waals surface area contributed by atoms with Gasteiger partial charge in [-0.3, -0.25) is 0 Å². The van der Waals surface area contributed by atoms with Gasteiger partial charge in [0.05, 0.1) is 10.3 Å². The number of rotatable bonds is 0. The normalized spacial score (nSPS) is 10.2. The Morgan fingerprint density at radius 3 is 2.92 bits per heavy atom. The van der Waals surface area contributed by atoms with E-state index in [9.17, 15) is 5.11 Å². The summed E-state index contributed by atoms with van der Waals surface area (Å²) in [6.45, 7) is 1.90. The van der Waals surface area contributed by atoms with E-state index >= 15 is 0 Å². The topological polar surface area (TPSA) is 44.0 Å². The molecule has 2 aromatic rings. The standard InChI is InChI=1S/C10H7NOS/c1-6-2-8-7(4-11)5-13-10(8)9(12)3-6/h2-3,5,12H,1H3. The molecular formula is C10H7NOS. The number of aromatic hydroxyl groups is 1. The monoisotopic (exact) mass is 189 g/mol. The van der Waals surface area contributed by atoms with E-state index in [2.05, 4.69) is 6.07 Å². The van der Waals surface area contributed by atoms with E-state index < -0.39 is 0 Å². The number of aryl methyl sites for hydroxylation is 1. The fourth-order valence-corrected chi connectivity index (χ4v) is 2.24. The highest BCUT2D eigenvalue weighted by atomic mass is 32.1. The molecule has 0 aliphatic carbocycles. The molecular weight excluding hydrogens is 182 g/mol. The minimum Gasteiger partial charge on any atom is -0.506 e. The molecule has 1 heterocycles. The Labute approximate surface area is 79.7 Å². The van der Waals surface area contributed by atoms with Gasteiger partial charge in [-0.25, -0.2) is 0 Å². The molecule has 0 saturated carbocycles. The first kappa shape index (κ1) is 8.09. The van der Waals surface area contributed by atoms with Crippen LogP contribution < -0.4 is 0 Å². The minimum atomic E-state index is 0.265. The molecule has 2 rings (SSSR count). The Balaban J connectivity index is 2.92. The fourth-order valence-electron chi connectivity index (χ4n) is 1.35. The van der Waals surface area contributed by atoms with Crippen molar-refractivity contribution in [1.82, 2.24) is 0 Å². The molecule has 0 spiro atoms. The second-order valence-corrected chi connectivity index (χ2v) is 3.80. The van der Waals surface area contributed by atoms with E-state index in [1.165, 1.54) is 11.3 Å². The first-order chi connectivity index (χ1) is 6.22. The molecule has 0 amide bonds. The summed E-state index contributed by atoms with van der Waals surface area (Å²) in [7, 11) is 0. The molecule has 0 fully saturated rings. The maximum Gasteiger partial charge on any atom is 0.133 e. The van der Waals surface area contributed by atoms with E-state index in [4.69, 9.17) is 5.26 Å². The first-order valence-electron chi connectivity index (χ1n) is 3.83. The zero-order valence-corrected chi connectivity index (χ0v) is 7.85.